The van der Waals surface area contributed by atoms with E-state index in [0.29, 0.717) is 34.0 Å². The van der Waals surface area contributed by atoms with Gasteiger partial charge in [-0.15, -0.1) is 0 Å². The number of methoxy groups -OCH3 is 1. The predicted molar refractivity (Wildman–Crippen MR) is 79.8 cm³/mol. The van der Waals surface area contributed by atoms with Crippen molar-refractivity contribution in [2.75, 3.05) is 12.8 Å². The molecule has 0 unspecified atom stereocenters. The van der Waals surface area contributed by atoms with Crippen LogP contribution in [0.25, 0.3) is 22.6 Å². The van der Waals surface area contributed by atoms with Crippen LogP contribution in [0.5, 0.6) is 11.5 Å². The number of anilines is 1. The van der Waals surface area contributed by atoms with Gasteiger partial charge in [-0.2, -0.15) is 0 Å². The first-order valence-corrected chi connectivity index (χ1v) is 6.60. The van der Waals surface area contributed by atoms with Crippen LogP contribution in [0.2, 0.25) is 0 Å². The molecule has 1 aromatic heterocycles. The minimum atomic E-state index is 0.0274. The van der Waals surface area contributed by atoms with E-state index in [4.69, 9.17) is 14.9 Å². The maximum Gasteiger partial charge on any atom is 0.231 e. The Labute approximate surface area is 123 Å². The van der Waals surface area contributed by atoms with Crippen LogP contribution in [0.3, 0.4) is 0 Å². The number of nitrogens with zero attached hydrogens (tertiary/aromatic N) is 1. The Bertz CT molecular complexity index is 798. The van der Waals surface area contributed by atoms with Crippen molar-refractivity contribution < 1.29 is 14.3 Å². The molecular weight excluding hydrogens is 324 g/mol. The van der Waals surface area contributed by atoms with Gasteiger partial charge in [0.25, 0.3) is 0 Å². The third kappa shape index (κ3) is 2.08. The molecule has 102 valence electrons. The molecule has 0 saturated carbocycles. The maximum atomic E-state index is 9.92. The molecule has 0 aliphatic rings. The monoisotopic (exact) mass is 334 g/mol. The Kier molecular flexibility index (Phi) is 3.02. The molecule has 0 spiro atoms. The summed E-state index contributed by atoms with van der Waals surface area (Å²) in [5, 5.41) is 9.92. The van der Waals surface area contributed by atoms with Gasteiger partial charge in [0.1, 0.15) is 17.0 Å². The van der Waals surface area contributed by atoms with Crippen molar-refractivity contribution in [3.05, 3.63) is 34.8 Å². The van der Waals surface area contributed by atoms with E-state index < -0.39 is 0 Å². The van der Waals surface area contributed by atoms with Crippen LogP contribution in [0.1, 0.15) is 0 Å². The highest BCUT2D eigenvalue weighted by atomic mass is 79.9. The summed E-state index contributed by atoms with van der Waals surface area (Å²) in [4.78, 5) is 4.37. The van der Waals surface area contributed by atoms with Crippen LogP contribution >= 0.6 is 15.9 Å². The fourth-order valence-corrected chi connectivity index (χ4v) is 2.44. The zero-order valence-corrected chi connectivity index (χ0v) is 12.1. The average Bonchev–Trinajstić information content (AvgIpc) is 2.82. The van der Waals surface area contributed by atoms with Gasteiger partial charge in [-0.1, -0.05) is 0 Å². The molecule has 0 fully saturated rings. The molecule has 3 aromatic rings. The number of fused-ring (bicyclic) bond motifs is 1. The molecule has 0 bridgehead atoms. The normalized spacial score (nSPS) is 10.9. The molecule has 0 aliphatic heterocycles. The molecule has 0 amide bonds. The molecule has 2 aromatic carbocycles. The van der Waals surface area contributed by atoms with Gasteiger partial charge in [0.15, 0.2) is 5.58 Å². The second kappa shape index (κ2) is 4.72. The summed E-state index contributed by atoms with van der Waals surface area (Å²) in [5.41, 5.74) is 7.81. The van der Waals surface area contributed by atoms with Crippen molar-refractivity contribution in [1.82, 2.24) is 4.98 Å². The van der Waals surface area contributed by atoms with Crippen LogP contribution in [0.15, 0.2) is 39.2 Å². The number of aromatic hydroxyl groups is 1. The molecule has 0 radical (unpaired) electrons. The number of rotatable bonds is 2. The molecule has 5 nitrogen and oxygen atoms in total. The van der Waals surface area contributed by atoms with Gasteiger partial charge in [0, 0.05) is 17.8 Å². The zero-order chi connectivity index (χ0) is 14.3. The van der Waals surface area contributed by atoms with Crippen molar-refractivity contribution >= 4 is 32.7 Å². The first-order valence-electron chi connectivity index (χ1n) is 5.81. The van der Waals surface area contributed by atoms with E-state index in [1.807, 2.05) is 0 Å². The standard InChI is InChI=1S/C14H11BrN2O3/c1-19-8-5-10(15)13-11(6-8)17-14(20-13)9-3-2-7(16)4-12(9)18/h2-6,18H,16H2,1H3. The summed E-state index contributed by atoms with van der Waals surface area (Å²) in [6.07, 6.45) is 0. The van der Waals surface area contributed by atoms with E-state index in [1.54, 1.807) is 31.4 Å². The van der Waals surface area contributed by atoms with Crippen molar-refractivity contribution in [2.24, 2.45) is 0 Å². The number of hydrogen-bond acceptors (Lipinski definition) is 5. The van der Waals surface area contributed by atoms with E-state index in [1.165, 1.54) is 6.07 Å². The lowest BCUT2D eigenvalue weighted by atomic mass is 10.2. The van der Waals surface area contributed by atoms with E-state index >= 15 is 0 Å². The van der Waals surface area contributed by atoms with Crippen LogP contribution in [-0.4, -0.2) is 17.2 Å². The van der Waals surface area contributed by atoms with Gasteiger partial charge in [0.2, 0.25) is 5.89 Å². The molecule has 3 N–H and O–H groups in total. The highest BCUT2D eigenvalue weighted by molar-refractivity contribution is 9.10. The minimum absolute atomic E-state index is 0.0274. The van der Waals surface area contributed by atoms with Crippen molar-refractivity contribution in [3.8, 4) is 23.0 Å². The third-order valence-corrected chi connectivity index (χ3v) is 3.50. The number of oxazole rings is 1. The Balaban J connectivity index is 2.20. The van der Waals surface area contributed by atoms with E-state index in [0.717, 1.165) is 4.47 Å². The number of nitrogens with two attached hydrogens (primary N) is 1. The quantitative estimate of drug-likeness (QED) is 0.700. The van der Waals surface area contributed by atoms with Crippen LogP contribution < -0.4 is 10.5 Å². The first-order chi connectivity index (χ1) is 9.58. The Morgan fingerprint density at radius 1 is 1.30 bits per heavy atom. The lowest BCUT2D eigenvalue weighted by molar-refractivity contribution is 0.415. The fraction of sp³-hybridized carbons (Fsp3) is 0.0714. The number of phenols is 1. The van der Waals surface area contributed by atoms with Gasteiger partial charge in [0.05, 0.1) is 17.1 Å². The Hall–Kier alpha value is -2.21. The molecule has 0 atom stereocenters. The summed E-state index contributed by atoms with van der Waals surface area (Å²) in [5.74, 6) is 1.02. The second-order valence-corrected chi connectivity index (χ2v) is 5.11. The molecule has 3 rings (SSSR count). The Morgan fingerprint density at radius 3 is 2.80 bits per heavy atom. The average molecular weight is 335 g/mol. The van der Waals surface area contributed by atoms with Gasteiger partial charge in [-0.3, -0.25) is 0 Å². The van der Waals surface area contributed by atoms with Gasteiger partial charge in [-0.25, -0.2) is 4.98 Å². The highest BCUT2D eigenvalue weighted by Gasteiger charge is 2.15. The summed E-state index contributed by atoms with van der Waals surface area (Å²) < 4.78 is 11.6. The SMILES string of the molecule is COc1cc(Br)c2oc(-c3ccc(N)cc3O)nc2c1. The second-order valence-electron chi connectivity index (χ2n) is 4.25. The van der Waals surface area contributed by atoms with E-state index in [9.17, 15) is 5.11 Å². The van der Waals surface area contributed by atoms with E-state index in [2.05, 4.69) is 20.9 Å². The van der Waals surface area contributed by atoms with Crippen LogP contribution in [-0.2, 0) is 0 Å². The molecule has 1 heterocycles. The highest BCUT2D eigenvalue weighted by Crippen LogP contribution is 2.36. The topological polar surface area (TPSA) is 81.5 Å². The third-order valence-electron chi connectivity index (χ3n) is 2.91. The van der Waals surface area contributed by atoms with E-state index in [-0.39, 0.29) is 5.75 Å². The summed E-state index contributed by atoms with van der Waals surface area (Å²) in [6, 6.07) is 8.36. The molecule has 0 saturated heterocycles. The number of nitrogen functional groups attached to an aromatic ring is 1. The maximum absolute atomic E-state index is 9.92. The predicted octanol–water partition coefficient (Wildman–Crippen LogP) is 3.55. The summed E-state index contributed by atoms with van der Waals surface area (Å²) in [7, 11) is 1.58. The van der Waals surface area contributed by atoms with Crippen molar-refractivity contribution in [1.29, 1.82) is 0 Å². The summed E-state index contributed by atoms with van der Waals surface area (Å²) in [6.45, 7) is 0. The lowest BCUT2D eigenvalue weighted by Gasteiger charge is -2.00. The number of hydrogen-bond donors (Lipinski definition) is 2. The Morgan fingerprint density at radius 2 is 2.10 bits per heavy atom. The number of phenolic OH excluding ortho intramolecular Hbond substituents is 1. The number of ether oxygens (including phenoxy) is 1. The molecule has 0 aliphatic carbocycles. The smallest absolute Gasteiger partial charge is 0.231 e. The fourth-order valence-electron chi connectivity index (χ4n) is 1.93. The number of benzene rings is 2. The van der Waals surface area contributed by atoms with Crippen molar-refractivity contribution in [3.63, 3.8) is 0 Å². The van der Waals surface area contributed by atoms with Crippen molar-refractivity contribution in [2.45, 2.75) is 0 Å². The van der Waals surface area contributed by atoms with Crippen LogP contribution in [0, 0.1) is 0 Å². The van der Waals surface area contributed by atoms with Gasteiger partial charge in [-0.05, 0) is 34.1 Å². The first kappa shape index (κ1) is 12.8. The largest absolute Gasteiger partial charge is 0.507 e. The van der Waals surface area contributed by atoms with Gasteiger partial charge < -0.3 is 20.0 Å². The van der Waals surface area contributed by atoms with Gasteiger partial charge >= 0.3 is 0 Å². The zero-order valence-electron chi connectivity index (χ0n) is 10.6. The molecule has 20 heavy (non-hydrogen) atoms. The van der Waals surface area contributed by atoms with Crippen LogP contribution in [0.4, 0.5) is 5.69 Å². The summed E-state index contributed by atoms with van der Waals surface area (Å²) >= 11 is 3.41. The molecule has 6 heteroatoms. The number of aromatic nitrogens is 1. The lowest BCUT2D eigenvalue weighted by Crippen LogP contribution is -1.85. The molecular formula is C14H11BrN2O3. The number of halogens is 1. The minimum Gasteiger partial charge on any atom is -0.507 e.